The van der Waals surface area contributed by atoms with Crippen LogP contribution in [0.25, 0.3) is 11.9 Å². The van der Waals surface area contributed by atoms with Gasteiger partial charge in [-0.15, -0.1) is 0 Å². The topological polar surface area (TPSA) is 55.5 Å². The van der Waals surface area contributed by atoms with Gasteiger partial charge in [-0.25, -0.2) is 4.98 Å². The first-order valence-electron chi connectivity index (χ1n) is 9.89. The molecule has 156 valence electrons. The van der Waals surface area contributed by atoms with E-state index in [0.717, 1.165) is 59.7 Å². The summed E-state index contributed by atoms with van der Waals surface area (Å²) >= 11 is 0. The minimum atomic E-state index is -4.52. The molecule has 1 atom stereocenters. The number of fused-ring (bicyclic) bond motifs is 2. The highest BCUT2D eigenvalue weighted by Gasteiger charge is 2.36. The quantitative estimate of drug-likeness (QED) is 0.651. The summed E-state index contributed by atoms with van der Waals surface area (Å²) in [5, 5.41) is 3.67. The highest BCUT2D eigenvalue weighted by atomic mass is 19.4. The molecule has 30 heavy (non-hydrogen) atoms. The number of likely N-dealkylation sites (tertiary alicyclic amines) is 1. The van der Waals surface area contributed by atoms with Crippen molar-refractivity contribution < 1.29 is 17.9 Å². The van der Waals surface area contributed by atoms with Crippen molar-refractivity contribution in [2.75, 3.05) is 26.2 Å². The zero-order valence-corrected chi connectivity index (χ0v) is 16.1. The second kappa shape index (κ2) is 7.39. The Morgan fingerprint density at radius 3 is 2.93 bits per heavy atom. The molecular weight excluding hydrogens is 395 g/mol. The molecule has 0 N–H and O–H groups in total. The Hall–Kier alpha value is -2.94. The Labute approximate surface area is 171 Å². The standard InChI is InChI=1S/C21H20F3N5O/c22-21(23,24)19-9-17(27-20-25-13-26-29(19)20)16-5-3-7-28(11-16)10-14-8-15-4-1-2-6-18(15)30-12-14/h1-2,4,6,8-9,13,16H,3,5,7,10-12H2. The van der Waals surface area contributed by atoms with Crippen molar-refractivity contribution in [1.29, 1.82) is 0 Å². The van der Waals surface area contributed by atoms with Crippen LogP contribution in [0.5, 0.6) is 5.75 Å². The van der Waals surface area contributed by atoms with Gasteiger partial charge in [0.25, 0.3) is 5.78 Å². The fraction of sp³-hybridized carbons (Fsp3) is 0.381. The SMILES string of the molecule is FC(F)(F)c1cc(C2CCCN(CC3=Cc4ccccc4OC3)C2)nc2ncnn12. The Kier molecular flexibility index (Phi) is 4.69. The molecule has 0 amide bonds. The highest BCUT2D eigenvalue weighted by molar-refractivity contribution is 5.62. The normalized spacial score (nSPS) is 20.0. The van der Waals surface area contributed by atoms with Gasteiger partial charge in [0, 0.05) is 24.6 Å². The monoisotopic (exact) mass is 415 g/mol. The van der Waals surface area contributed by atoms with E-state index in [1.54, 1.807) is 0 Å². The molecule has 4 heterocycles. The average Bonchev–Trinajstić information content (AvgIpc) is 3.21. The number of benzene rings is 1. The first-order chi connectivity index (χ1) is 14.5. The molecule has 0 aliphatic carbocycles. The van der Waals surface area contributed by atoms with Gasteiger partial charge in [-0.3, -0.25) is 4.90 Å². The summed E-state index contributed by atoms with van der Waals surface area (Å²) < 4.78 is 47.1. The number of nitrogens with zero attached hydrogens (tertiary/aromatic N) is 5. The Morgan fingerprint density at radius 2 is 2.07 bits per heavy atom. The maximum absolute atomic E-state index is 13.5. The number of halogens is 3. The first kappa shape index (κ1) is 19.0. The summed E-state index contributed by atoms with van der Waals surface area (Å²) in [4.78, 5) is 10.5. The molecule has 2 aromatic heterocycles. The molecule has 2 aliphatic heterocycles. The van der Waals surface area contributed by atoms with E-state index in [4.69, 9.17) is 4.74 Å². The molecule has 5 rings (SSSR count). The van der Waals surface area contributed by atoms with Gasteiger partial charge in [0.05, 0.1) is 5.69 Å². The smallest absolute Gasteiger partial charge is 0.433 e. The summed E-state index contributed by atoms with van der Waals surface area (Å²) in [7, 11) is 0. The van der Waals surface area contributed by atoms with Crippen molar-refractivity contribution in [3.8, 4) is 5.75 Å². The van der Waals surface area contributed by atoms with Crippen LogP contribution in [0.3, 0.4) is 0 Å². The number of piperidine rings is 1. The number of aromatic nitrogens is 4. The number of para-hydroxylation sites is 1. The van der Waals surface area contributed by atoms with Gasteiger partial charge in [0.2, 0.25) is 0 Å². The summed E-state index contributed by atoms with van der Waals surface area (Å²) in [5.74, 6) is 0.777. The minimum Gasteiger partial charge on any atom is -0.489 e. The van der Waals surface area contributed by atoms with E-state index in [1.807, 2.05) is 24.3 Å². The van der Waals surface area contributed by atoms with Crippen LogP contribution < -0.4 is 4.74 Å². The molecule has 0 saturated carbocycles. The lowest BCUT2D eigenvalue weighted by molar-refractivity contribution is -0.142. The molecule has 1 unspecified atom stereocenters. The van der Waals surface area contributed by atoms with Crippen molar-refractivity contribution in [2.24, 2.45) is 0 Å². The van der Waals surface area contributed by atoms with Gasteiger partial charge in [-0.05, 0) is 43.2 Å². The summed E-state index contributed by atoms with van der Waals surface area (Å²) in [6.45, 7) is 2.80. The Balaban J connectivity index is 1.37. The van der Waals surface area contributed by atoms with Crippen LogP contribution in [-0.4, -0.2) is 50.7 Å². The number of hydrogen-bond acceptors (Lipinski definition) is 5. The predicted molar refractivity (Wildman–Crippen MR) is 104 cm³/mol. The molecule has 6 nitrogen and oxygen atoms in total. The van der Waals surface area contributed by atoms with Gasteiger partial charge < -0.3 is 4.74 Å². The highest BCUT2D eigenvalue weighted by Crippen LogP contribution is 2.33. The maximum Gasteiger partial charge on any atom is 0.433 e. The van der Waals surface area contributed by atoms with E-state index < -0.39 is 11.9 Å². The van der Waals surface area contributed by atoms with Crippen LogP contribution in [0.4, 0.5) is 13.2 Å². The van der Waals surface area contributed by atoms with Crippen molar-refractivity contribution in [2.45, 2.75) is 24.9 Å². The van der Waals surface area contributed by atoms with E-state index in [9.17, 15) is 13.2 Å². The third kappa shape index (κ3) is 3.65. The summed E-state index contributed by atoms with van der Waals surface area (Å²) in [5.41, 5.74) is 1.80. The zero-order chi connectivity index (χ0) is 20.7. The van der Waals surface area contributed by atoms with Crippen LogP contribution in [0, 0.1) is 0 Å². The number of alkyl halides is 3. The Morgan fingerprint density at radius 1 is 1.20 bits per heavy atom. The van der Waals surface area contributed by atoms with Gasteiger partial charge in [0.1, 0.15) is 18.7 Å². The molecule has 9 heteroatoms. The largest absolute Gasteiger partial charge is 0.489 e. The van der Waals surface area contributed by atoms with E-state index in [2.05, 4.69) is 26.0 Å². The van der Waals surface area contributed by atoms with Crippen molar-refractivity contribution >= 4 is 11.9 Å². The van der Waals surface area contributed by atoms with Crippen molar-refractivity contribution in [1.82, 2.24) is 24.5 Å². The number of ether oxygens (including phenoxy) is 1. The maximum atomic E-state index is 13.5. The molecule has 2 aliphatic rings. The van der Waals surface area contributed by atoms with Crippen LogP contribution in [-0.2, 0) is 6.18 Å². The number of hydrogen-bond donors (Lipinski definition) is 0. The first-order valence-corrected chi connectivity index (χ1v) is 9.89. The third-order valence-electron chi connectivity index (χ3n) is 5.60. The predicted octanol–water partition coefficient (Wildman–Crippen LogP) is 3.80. The van der Waals surface area contributed by atoms with Crippen molar-refractivity contribution in [3.05, 3.63) is 59.2 Å². The molecule has 1 aromatic carbocycles. The fourth-order valence-electron chi connectivity index (χ4n) is 4.22. The molecule has 0 radical (unpaired) electrons. The fourth-order valence-corrected chi connectivity index (χ4v) is 4.22. The van der Waals surface area contributed by atoms with Gasteiger partial charge in [0.15, 0.2) is 5.69 Å². The molecule has 0 spiro atoms. The summed E-state index contributed by atoms with van der Waals surface area (Å²) in [6, 6.07) is 9.01. The van der Waals surface area contributed by atoms with E-state index in [-0.39, 0.29) is 11.7 Å². The lowest BCUT2D eigenvalue weighted by atomic mass is 9.93. The van der Waals surface area contributed by atoms with E-state index in [0.29, 0.717) is 18.8 Å². The van der Waals surface area contributed by atoms with Gasteiger partial charge in [-0.1, -0.05) is 18.2 Å². The number of rotatable bonds is 3. The van der Waals surface area contributed by atoms with E-state index in [1.165, 1.54) is 0 Å². The molecule has 0 bridgehead atoms. The summed E-state index contributed by atoms with van der Waals surface area (Å²) in [6.07, 6.45) is 0.419. The third-order valence-corrected chi connectivity index (χ3v) is 5.60. The zero-order valence-electron chi connectivity index (χ0n) is 16.1. The second-order valence-electron chi connectivity index (χ2n) is 7.74. The van der Waals surface area contributed by atoms with Crippen LogP contribution >= 0.6 is 0 Å². The molecule has 1 fully saturated rings. The minimum absolute atomic E-state index is 0.0167. The lowest BCUT2D eigenvalue weighted by Crippen LogP contribution is -2.37. The Bertz CT molecular complexity index is 1110. The lowest BCUT2D eigenvalue weighted by Gasteiger charge is -2.33. The van der Waals surface area contributed by atoms with Gasteiger partial charge in [-0.2, -0.15) is 27.8 Å². The van der Waals surface area contributed by atoms with Crippen molar-refractivity contribution in [3.63, 3.8) is 0 Å². The molecular formula is C21H20F3N5O. The molecule has 1 saturated heterocycles. The van der Waals surface area contributed by atoms with Crippen LogP contribution in [0.2, 0.25) is 0 Å². The van der Waals surface area contributed by atoms with E-state index >= 15 is 0 Å². The second-order valence-corrected chi connectivity index (χ2v) is 7.74. The van der Waals surface area contributed by atoms with Crippen LogP contribution in [0.15, 0.2) is 42.2 Å². The average molecular weight is 415 g/mol. The van der Waals surface area contributed by atoms with Crippen LogP contribution in [0.1, 0.15) is 35.7 Å². The van der Waals surface area contributed by atoms with Gasteiger partial charge >= 0.3 is 6.18 Å². The molecule has 3 aromatic rings.